The Hall–Kier alpha value is -3.29. The van der Waals surface area contributed by atoms with Crippen LogP contribution in [0.3, 0.4) is 0 Å². The Morgan fingerprint density at radius 1 is 1.13 bits per heavy atom. The molecule has 0 atom stereocenters. The summed E-state index contributed by atoms with van der Waals surface area (Å²) < 4.78 is 9.90. The lowest BCUT2D eigenvalue weighted by molar-refractivity contribution is 0.0524. The molecule has 0 saturated carbocycles. The lowest BCUT2D eigenvalue weighted by Crippen LogP contribution is -2.22. The third kappa shape index (κ3) is 4.17. The number of nitrogens with one attached hydrogen (secondary N) is 2. The Balaban J connectivity index is 1.95. The molecule has 0 bridgehead atoms. The monoisotopic (exact) mass is 413 g/mol. The molecule has 8 nitrogen and oxygen atoms in total. The van der Waals surface area contributed by atoms with Gasteiger partial charge in [0.1, 0.15) is 5.69 Å². The number of amides is 1. The van der Waals surface area contributed by atoms with Crippen LogP contribution in [0.15, 0.2) is 18.2 Å². The molecule has 1 saturated heterocycles. The highest BCUT2D eigenvalue weighted by Gasteiger charge is 2.25. The zero-order valence-corrected chi connectivity index (χ0v) is 17.8. The maximum Gasteiger partial charge on any atom is 0.340 e. The van der Waals surface area contributed by atoms with Crippen LogP contribution in [-0.4, -0.2) is 49.6 Å². The smallest absolute Gasteiger partial charge is 0.340 e. The quantitative estimate of drug-likeness (QED) is 0.704. The molecule has 2 heterocycles. The molecule has 0 unspecified atom stereocenters. The first-order valence-electron chi connectivity index (χ1n) is 10.0. The number of aryl methyl sites for hydroxylation is 1. The van der Waals surface area contributed by atoms with Crippen molar-refractivity contribution in [3.63, 3.8) is 0 Å². The van der Waals surface area contributed by atoms with Gasteiger partial charge < -0.3 is 24.7 Å². The summed E-state index contributed by atoms with van der Waals surface area (Å²) in [6.07, 6.45) is 2.15. The van der Waals surface area contributed by atoms with Crippen molar-refractivity contribution in [2.24, 2.45) is 0 Å². The van der Waals surface area contributed by atoms with Gasteiger partial charge >= 0.3 is 11.9 Å². The number of anilines is 2. The number of hydrogen-bond acceptors (Lipinski definition) is 6. The molecule has 0 radical (unpaired) electrons. The summed E-state index contributed by atoms with van der Waals surface area (Å²) in [5.74, 6) is -1.34. The van der Waals surface area contributed by atoms with Crippen LogP contribution in [0.4, 0.5) is 11.4 Å². The van der Waals surface area contributed by atoms with Crippen LogP contribution in [0.25, 0.3) is 0 Å². The van der Waals surface area contributed by atoms with E-state index in [9.17, 15) is 14.4 Å². The minimum atomic E-state index is -0.477. The number of H-pyrrole nitrogens is 1. The first-order valence-corrected chi connectivity index (χ1v) is 10.0. The van der Waals surface area contributed by atoms with E-state index in [0.29, 0.717) is 28.1 Å². The maximum atomic E-state index is 13.1. The second kappa shape index (κ2) is 9.02. The molecule has 1 aliphatic rings. The lowest BCUT2D eigenvalue weighted by Gasteiger charge is -2.22. The second-order valence-corrected chi connectivity index (χ2v) is 7.22. The third-order valence-corrected chi connectivity index (χ3v) is 5.26. The molecule has 0 spiro atoms. The molecule has 1 fully saturated rings. The number of aromatic amines is 1. The minimum Gasteiger partial charge on any atom is -0.465 e. The molecule has 1 aromatic heterocycles. The van der Waals surface area contributed by atoms with Crippen LogP contribution in [0, 0.1) is 13.8 Å². The first-order chi connectivity index (χ1) is 14.4. The van der Waals surface area contributed by atoms with Crippen LogP contribution in [0.5, 0.6) is 0 Å². The van der Waals surface area contributed by atoms with Gasteiger partial charge in [-0.05, 0) is 57.4 Å². The third-order valence-electron chi connectivity index (χ3n) is 5.26. The average molecular weight is 413 g/mol. The summed E-state index contributed by atoms with van der Waals surface area (Å²) >= 11 is 0. The summed E-state index contributed by atoms with van der Waals surface area (Å²) in [5, 5.41) is 2.90. The number of carbonyl (C=O) groups excluding carboxylic acids is 3. The number of esters is 2. The van der Waals surface area contributed by atoms with Crippen LogP contribution < -0.4 is 10.2 Å². The molecule has 2 aromatic rings. The Morgan fingerprint density at radius 3 is 2.47 bits per heavy atom. The van der Waals surface area contributed by atoms with Crippen molar-refractivity contribution in [2.45, 2.75) is 33.6 Å². The van der Waals surface area contributed by atoms with Crippen molar-refractivity contribution < 1.29 is 23.9 Å². The van der Waals surface area contributed by atoms with E-state index in [1.807, 2.05) is 6.07 Å². The number of aromatic nitrogens is 1. The number of nitrogens with zero attached hydrogens (tertiary/aromatic N) is 1. The van der Waals surface area contributed by atoms with Gasteiger partial charge in [-0.15, -0.1) is 0 Å². The normalized spacial score (nSPS) is 13.3. The fourth-order valence-corrected chi connectivity index (χ4v) is 3.79. The molecular weight excluding hydrogens is 386 g/mol. The lowest BCUT2D eigenvalue weighted by atomic mass is 10.1. The van der Waals surface area contributed by atoms with Gasteiger partial charge in [0.2, 0.25) is 0 Å². The average Bonchev–Trinajstić information content (AvgIpc) is 3.35. The Labute approximate surface area is 175 Å². The highest BCUT2D eigenvalue weighted by Crippen LogP contribution is 2.31. The number of carbonyl (C=O) groups is 3. The van der Waals surface area contributed by atoms with Gasteiger partial charge in [0.05, 0.1) is 36.2 Å². The molecule has 30 heavy (non-hydrogen) atoms. The van der Waals surface area contributed by atoms with Crippen molar-refractivity contribution in [1.82, 2.24) is 4.98 Å². The Bertz CT molecular complexity index is 973. The summed E-state index contributed by atoms with van der Waals surface area (Å²) in [7, 11) is 1.32. The van der Waals surface area contributed by atoms with Gasteiger partial charge in [0, 0.05) is 18.8 Å². The van der Waals surface area contributed by atoms with Gasteiger partial charge in [0.15, 0.2) is 0 Å². The number of ether oxygens (including phenoxy) is 2. The Kier molecular flexibility index (Phi) is 6.44. The second-order valence-electron chi connectivity index (χ2n) is 7.22. The van der Waals surface area contributed by atoms with Crippen LogP contribution in [-0.2, 0) is 9.47 Å². The molecule has 1 aliphatic heterocycles. The molecule has 8 heteroatoms. The topological polar surface area (TPSA) is 101 Å². The zero-order valence-electron chi connectivity index (χ0n) is 17.8. The van der Waals surface area contributed by atoms with E-state index in [1.54, 1.807) is 32.9 Å². The summed E-state index contributed by atoms with van der Waals surface area (Å²) in [4.78, 5) is 42.5. The molecule has 2 N–H and O–H groups in total. The van der Waals surface area contributed by atoms with E-state index in [2.05, 4.69) is 15.2 Å². The summed E-state index contributed by atoms with van der Waals surface area (Å²) in [5.41, 5.74) is 3.46. The van der Waals surface area contributed by atoms with Crippen molar-refractivity contribution >= 4 is 29.2 Å². The first kappa shape index (κ1) is 21.4. The van der Waals surface area contributed by atoms with Gasteiger partial charge in [-0.2, -0.15) is 0 Å². The fourth-order valence-electron chi connectivity index (χ4n) is 3.79. The fraction of sp³-hybridized carbons (Fsp3) is 0.409. The SMILES string of the molecule is CCOC(=O)c1c(C)[nH]c(C(=O)Nc2cc(C(=O)OC)ccc2N2CCCC2)c1C. The van der Waals surface area contributed by atoms with Crippen LogP contribution in [0.1, 0.15) is 62.2 Å². The standard InChI is InChI=1S/C22H27N3O5/c1-5-30-22(28)18-13(2)19(23-14(18)3)20(26)24-16-12-15(21(27)29-4)8-9-17(16)25-10-6-7-11-25/h8-9,12,23H,5-7,10-11H2,1-4H3,(H,24,26). The van der Waals surface area contributed by atoms with E-state index in [4.69, 9.17) is 9.47 Å². The van der Waals surface area contributed by atoms with E-state index in [-0.39, 0.29) is 12.3 Å². The van der Waals surface area contributed by atoms with Crippen LogP contribution >= 0.6 is 0 Å². The molecule has 3 rings (SSSR count). The van der Waals surface area contributed by atoms with Crippen molar-refractivity contribution in [1.29, 1.82) is 0 Å². The highest BCUT2D eigenvalue weighted by atomic mass is 16.5. The Morgan fingerprint density at radius 2 is 1.83 bits per heavy atom. The largest absolute Gasteiger partial charge is 0.465 e. The van der Waals surface area contributed by atoms with E-state index in [1.165, 1.54) is 7.11 Å². The van der Waals surface area contributed by atoms with Gasteiger partial charge in [0.25, 0.3) is 5.91 Å². The maximum absolute atomic E-state index is 13.1. The summed E-state index contributed by atoms with van der Waals surface area (Å²) in [6.45, 7) is 7.18. The minimum absolute atomic E-state index is 0.254. The molecule has 1 amide bonds. The van der Waals surface area contributed by atoms with E-state index in [0.717, 1.165) is 31.6 Å². The summed E-state index contributed by atoms with van der Waals surface area (Å²) in [6, 6.07) is 5.14. The predicted octanol–water partition coefficient (Wildman–Crippen LogP) is 3.45. The molecule has 160 valence electrons. The number of hydrogen-bond donors (Lipinski definition) is 2. The van der Waals surface area contributed by atoms with Crippen LogP contribution in [0.2, 0.25) is 0 Å². The zero-order chi connectivity index (χ0) is 21.8. The molecule has 0 aliphatic carbocycles. The van der Waals surface area contributed by atoms with Gasteiger partial charge in [-0.3, -0.25) is 4.79 Å². The number of methoxy groups -OCH3 is 1. The van der Waals surface area contributed by atoms with Gasteiger partial charge in [-0.1, -0.05) is 0 Å². The molecular formula is C22H27N3O5. The molecule has 1 aromatic carbocycles. The number of rotatable bonds is 6. The van der Waals surface area contributed by atoms with Crippen molar-refractivity contribution in [3.05, 3.63) is 46.3 Å². The van der Waals surface area contributed by atoms with Crippen molar-refractivity contribution in [2.75, 3.05) is 37.0 Å². The number of benzene rings is 1. The van der Waals surface area contributed by atoms with Crippen molar-refractivity contribution in [3.8, 4) is 0 Å². The highest BCUT2D eigenvalue weighted by molar-refractivity contribution is 6.08. The van der Waals surface area contributed by atoms with E-state index < -0.39 is 17.8 Å². The predicted molar refractivity (Wildman–Crippen MR) is 113 cm³/mol. The van der Waals surface area contributed by atoms with E-state index >= 15 is 0 Å². The van der Waals surface area contributed by atoms with Gasteiger partial charge in [-0.25, -0.2) is 9.59 Å².